The van der Waals surface area contributed by atoms with Crippen molar-refractivity contribution in [2.75, 3.05) is 13.1 Å². The molecule has 2 rings (SSSR count). The van der Waals surface area contributed by atoms with E-state index in [-0.39, 0.29) is 0 Å². The first-order valence-corrected chi connectivity index (χ1v) is 4.63. The van der Waals surface area contributed by atoms with Crippen molar-refractivity contribution >= 4 is 0 Å². The van der Waals surface area contributed by atoms with Crippen molar-refractivity contribution in [3.63, 3.8) is 0 Å². The predicted molar refractivity (Wildman–Crippen MR) is 49.9 cm³/mol. The first-order chi connectivity index (χ1) is 6.40. The summed E-state index contributed by atoms with van der Waals surface area (Å²) < 4.78 is 2.28. The lowest BCUT2D eigenvalue weighted by molar-refractivity contribution is 0.302. The van der Waals surface area contributed by atoms with Gasteiger partial charge < -0.3 is 4.57 Å². The van der Waals surface area contributed by atoms with Gasteiger partial charge in [-0.25, -0.2) is 0 Å². The van der Waals surface area contributed by atoms with E-state index in [1.165, 1.54) is 5.69 Å². The summed E-state index contributed by atoms with van der Waals surface area (Å²) in [5, 5.41) is 8.61. The van der Waals surface area contributed by atoms with Crippen LogP contribution >= 0.6 is 0 Å². The molecule has 1 aromatic rings. The highest BCUT2D eigenvalue weighted by molar-refractivity contribution is 5.08. The molecule has 2 heterocycles. The number of aromatic nitrogens is 1. The minimum absolute atomic E-state index is 0.547. The third kappa shape index (κ3) is 1.73. The SMILES string of the molecule is N#CCN1CCCn2cccc2C1. The largest absolute Gasteiger partial charge is 0.350 e. The minimum atomic E-state index is 0.547. The maximum atomic E-state index is 8.61. The lowest BCUT2D eigenvalue weighted by Gasteiger charge is -2.14. The Bertz CT molecular complexity index is 321. The topological polar surface area (TPSA) is 32.0 Å². The van der Waals surface area contributed by atoms with E-state index in [9.17, 15) is 0 Å². The average Bonchev–Trinajstić information content (AvgIpc) is 2.46. The molecule has 0 bridgehead atoms. The molecule has 0 aromatic carbocycles. The Hall–Kier alpha value is -1.27. The van der Waals surface area contributed by atoms with Crippen LogP contribution in [0.5, 0.6) is 0 Å². The first-order valence-electron chi connectivity index (χ1n) is 4.63. The molecule has 0 atom stereocenters. The third-order valence-corrected chi connectivity index (χ3v) is 2.48. The number of fused-ring (bicyclic) bond motifs is 1. The van der Waals surface area contributed by atoms with Crippen molar-refractivity contribution in [3.8, 4) is 6.07 Å². The lowest BCUT2D eigenvalue weighted by atomic mass is 10.3. The van der Waals surface area contributed by atoms with E-state index in [4.69, 9.17) is 5.26 Å². The first kappa shape index (κ1) is 8.33. The summed E-state index contributed by atoms with van der Waals surface area (Å²) in [5.74, 6) is 0. The summed E-state index contributed by atoms with van der Waals surface area (Å²) in [7, 11) is 0. The zero-order chi connectivity index (χ0) is 9.10. The van der Waals surface area contributed by atoms with Gasteiger partial charge in [-0.3, -0.25) is 4.90 Å². The van der Waals surface area contributed by atoms with Crippen LogP contribution in [0.4, 0.5) is 0 Å². The molecule has 68 valence electrons. The molecule has 1 aromatic heterocycles. The van der Waals surface area contributed by atoms with E-state index in [0.29, 0.717) is 6.54 Å². The molecule has 1 aliphatic rings. The van der Waals surface area contributed by atoms with Gasteiger partial charge >= 0.3 is 0 Å². The molecule has 1 aliphatic heterocycles. The van der Waals surface area contributed by atoms with Crippen molar-refractivity contribution < 1.29 is 0 Å². The number of hydrogen-bond donors (Lipinski definition) is 0. The van der Waals surface area contributed by atoms with Crippen LogP contribution < -0.4 is 0 Å². The van der Waals surface area contributed by atoms with Crippen LogP contribution in [0.2, 0.25) is 0 Å². The molecule has 0 unspecified atom stereocenters. The van der Waals surface area contributed by atoms with Crippen molar-refractivity contribution in [1.29, 1.82) is 5.26 Å². The Morgan fingerprint density at radius 1 is 1.46 bits per heavy atom. The fourth-order valence-corrected chi connectivity index (χ4v) is 1.82. The summed E-state index contributed by atoms with van der Waals surface area (Å²) in [6.45, 7) is 3.59. The van der Waals surface area contributed by atoms with E-state index in [0.717, 1.165) is 26.1 Å². The van der Waals surface area contributed by atoms with Gasteiger partial charge in [0, 0.05) is 31.5 Å². The second kappa shape index (κ2) is 3.63. The van der Waals surface area contributed by atoms with Gasteiger partial charge in [0.1, 0.15) is 0 Å². The van der Waals surface area contributed by atoms with Crippen molar-refractivity contribution in [2.24, 2.45) is 0 Å². The minimum Gasteiger partial charge on any atom is -0.350 e. The molecule has 0 saturated carbocycles. The van der Waals surface area contributed by atoms with Crippen LogP contribution in [-0.2, 0) is 13.1 Å². The summed E-state index contributed by atoms with van der Waals surface area (Å²) in [5.41, 5.74) is 1.33. The van der Waals surface area contributed by atoms with Crippen LogP contribution in [0.3, 0.4) is 0 Å². The van der Waals surface area contributed by atoms with Crippen molar-refractivity contribution in [3.05, 3.63) is 24.0 Å². The summed E-state index contributed by atoms with van der Waals surface area (Å²) in [6, 6.07) is 6.41. The van der Waals surface area contributed by atoms with E-state index in [1.54, 1.807) is 0 Å². The second-order valence-corrected chi connectivity index (χ2v) is 3.42. The molecule has 0 radical (unpaired) electrons. The highest BCUT2D eigenvalue weighted by Gasteiger charge is 2.12. The summed E-state index contributed by atoms with van der Waals surface area (Å²) >= 11 is 0. The monoisotopic (exact) mass is 175 g/mol. The quantitative estimate of drug-likeness (QED) is 0.601. The van der Waals surface area contributed by atoms with E-state index < -0.39 is 0 Å². The molecule has 0 spiro atoms. The molecule has 3 heteroatoms. The van der Waals surface area contributed by atoms with Crippen molar-refractivity contribution in [2.45, 2.75) is 19.5 Å². The van der Waals surface area contributed by atoms with Crippen LogP contribution in [0, 0.1) is 11.3 Å². The normalized spacial score (nSPS) is 17.5. The Labute approximate surface area is 78.2 Å². The van der Waals surface area contributed by atoms with Gasteiger partial charge in [0.05, 0.1) is 12.6 Å². The van der Waals surface area contributed by atoms with Crippen LogP contribution in [0.1, 0.15) is 12.1 Å². The molecule has 0 fully saturated rings. The van der Waals surface area contributed by atoms with Crippen LogP contribution in [-0.4, -0.2) is 22.6 Å². The maximum absolute atomic E-state index is 8.61. The Balaban J connectivity index is 2.13. The maximum Gasteiger partial charge on any atom is 0.0869 e. The zero-order valence-electron chi connectivity index (χ0n) is 7.61. The van der Waals surface area contributed by atoms with E-state index >= 15 is 0 Å². The zero-order valence-corrected chi connectivity index (χ0v) is 7.61. The van der Waals surface area contributed by atoms with Gasteiger partial charge in [-0.1, -0.05) is 0 Å². The van der Waals surface area contributed by atoms with E-state index in [1.807, 2.05) is 0 Å². The van der Waals surface area contributed by atoms with Gasteiger partial charge in [0.25, 0.3) is 0 Å². The van der Waals surface area contributed by atoms with Gasteiger partial charge in [0.2, 0.25) is 0 Å². The molecule has 0 aliphatic carbocycles. The fraction of sp³-hybridized carbons (Fsp3) is 0.500. The number of nitrogens with zero attached hydrogens (tertiary/aromatic N) is 3. The fourth-order valence-electron chi connectivity index (χ4n) is 1.82. The molecule has 3 nitrogen and oxygen atoms in total. The van der Waals surface area contributed by atoms with Crippen LogP contribution in [0.15, 0.2) is 18.3 Å². The molecule has 0 amide bonds. The Morgan fingerprint density at radius 2 is 2.38 bits per heavy atom. The van der Waals surface area contributed by atoms with Gasteiger partial charge in [-0.2, -0.15) is 5.26 Å². The Kier molecular flexibility index (Phi) is 2.33. The summed E-state index contributed by atoms with van der Waals surface area (Å²) in [6.07, 6.45) is 3.26. The molecule has 0 saturated heterocycles. The molecule has 13 heavy (non-hydrogen) atoms. The standard InChI is InChI=1S/C10H13N3/c11-4-8-12-5-2-7-13-6-1-3-10(13)9-12/h1,3,6H,2,5,7-9H2. The molecular weight excluding hydrogens is 162 g/mol. The predicted octanol–water partition coefficient (Wildman–Crippen LogP) is 1.22. The third-order valence-electron chi connectivity index (χ3n) is 2.48. The van der Waals surface area contributed by atoms with Gasteiger partial charge in [-0.05, 0) is 18.6 Å². The van der Waals surface area contributed by atoms with Gasteiger partial charge in [0.15, 0.2) is 0 Å². The number of nitriles is 1. The Morgan fingerprint density at radius 3 is 3.23 bits per heavy atom. The summed E-state index contributed by atoms with van der Waals surface area (Å²) in [4.78, 5) is 2.19. The second-order valence-electron chi connectivity index (χ2n) is 3.42. The highest BCUT2D eigenvalue weighted by Crippen LogP contribution is 2.12. The number of aryl methyl sites for hydroxylation is 1. The van der Waals surface area contributed by atoms with Crippen molar-refractivity contribution in [1.82, 2.24) is 9.47 Å². The molecule has 0 N–H and O–H groups in total. The number of hydrogen-bond acceptors (Lipinski definition) is 2. The lowest BCUT2D eigenvalue weighted by Crippen LogP contribution is -2.23. The van der Waals surface area contributed by atoms with E-state index in [2.05, 4.69) is 33.9 Å². The smallest absolute Gasteiger partial charge is 0.0869 e. The molecular formula is C10H13N3. The van der Waals surface area contributed by atoms with Gasteiger partial charge in [-0.15, -0.1) is 0 Å². The number of rotatable bonds is 1. The highest BCUT2D eigenvalue weighted by atomic mass is 15.2. The average molecular weight is 175 g/mol. The van der Waals surface area contributed by atoms with Crippen LogP contribution in [0.25, 0.3) is 0 Å².